The lowest BCUT2D eigenvalue weighted by molar-refractivity contribution is 0.101. The number of phenols is 1. The fourth-order valence-electron chi connectivity index (χ4n) is 0.696. The van der Waals surface area contributed by atoms with Crippen molar-refractivity contribution in [3.8, 4) is 5.75 Å². The second-order valence-electron chi connectivity index (χ2n) is 2.10. The van der Waals surface area contributed by atoms with Crippen LogP contribution in [0.1, 0.15) is 45.0 Å². The third kappa shape index (κ3) is 6.23. The summed E-state index contributed by atoms with van der Waals surface area (Å²) in [7, 11) is 0. The summed E-state index contributed by atoms with van der Waals surface area (Å²) in [6, 6.07) is 6.18. The molecule has 14 heavy (non-hydrogen) atoms. The summed E-state index contributed by atoms with van der Waals surface area (Å²) in [4.78, 5) is 10.7. The van der Waals surface area contributed by atoms with Gasteiger partial charge in [-0.2, -0.15) is 0 Å². The van der Waals surface area contributed by atoms with Crippen LogP contribution in [0.3, 0.4) is 0 Å². The summed E-state index contributed by atoms with van der Waals surface area (Å²) in [5.74, 6) is 0.199. The van der Waals surface area contributed by atoms with Crippen molar-refractivity contribution in [3.63, 3.8) is 0 Å². The van der Waals surface area contributed by atoms with E-state index in [0.717, 1.165) is 0 Å². The maximum Gasteiger partial charge on any atom is 0.159 e. The average Bonchev–Trinajstić information content (AvgIpc) is 2.24. The molecule has 0 radical (unpaired) electrons. The SMILES string of the molecule is CC.CC.CC(=O)c1ccc(O)cc1. The molecule has 0 aliphatic carbocycles. The fourth-order valence-corrected chi connectivity index (χ4v) is 0.696. The maximum absolute atomic E-state index is 10.7. The number of phenolic OH excluding ortho intramolecular Hbond substituents is 1. The van der Waals surface area contributed by atoms with Gasteiger partial charge in [0.1, 0.15) is 5.75 Å². The van der Waals surface area contributed by atoms with Gasteiger partial charge < -0.3 is 5.11 Å². The Morgan fingerprint density at radius 2 is 1.36 bits per heavy atom. The number of Topliss-reactive ketones (excluding diaryl/α,β-unsaturated/α-hetero) is 1. The first-order chi connectivity index (χ1) is 6.70. The number of carbonyl (C=O) groups is 1. The van der Waals surface area contributed by atoms with Crippen molar-refractivity contribution in [2.45, 2.75) is 34.6 Å². The molecule has 0 bridgehead atoms. The van der Waals surface area contributed by atoms with Crippen molar-refractivity contribution in [1.29, 1.82) is 0 Å². The van der Waals surface area contributed by atoms with E-state index in [4.69, 9.17) is 5.11 Å². The normalized spacial score (nSPS) is 7.50. The van der Waals surface area contributed by atoms with Crippen LogP contribution in [0.2, 0.25) is 0 Å². The largest absolute Gasteiger partial charge is 0.508 e. The first-order valence-corrected chi connectivity index (χ1v) is 5.00. The predicted molar refractivity (Wildman–Crippen MR) is 60.8 cm³/mol. The molecule has 0 unspecified atom stereocenters. The van der Waals surface area contributed by atoms with E-state index < -0.39 is 0 Å². The second kappa shape index (κ2) is 9.78. The molecule has 0 aromatic heterocycles. The summed E-state index contributed by atoms with van der Waals surface area (Å²) in [5.41, 5.74) is 0.623. The van der Waals surface area contributed by atoms with Gasteiger partial charge in [0.2, 0.25) is 0 Å². The van der Waals surface area contributed by atoms with Crippen LogP contribution in [-0.2, 0) is 0 Å². The smallest absolute Gasteiger partial charge is 0.159 e. The Morgan fingerprint density at radius 3 is 1.64 bits per heavy atom. The predicted octanol–water partition coefficient (Wildman–Crippen LogP) is 3.65. The molecule has 0 saturated carbocycles. The summed E-state index contributed by atoms with van der Waals surface area (Å²) in [6.07, 6.45) is 0. The first-order valence-electron chi connectivity index (χ1n) is 5.00. The van der Waals surface area contributed by atoms with Gasteiger partial charge in [-0.15, -0.1) is 0 Å². The van der Waals surface area contributed by atoms with Crippen molar-refractivity contribution in [1.82, 2.24) is 0 Å². The molecule has 0 aliphatic heterocycles. The molecule has 0 saturated heterocycles. The van der Waals surface area contributed by atoms with Crippen LogP contribution in [0.4, 0.5) is 0 Å². The fraction of sp³-hybridized carbons (Fsp3) is 0.417. The van der Waals surface area contributed by atoms with Crippen molar-refractivity contribution >= 4 is 5.78 Å². The van der Waals surface area contributed by atoms with Crippen LogP contribution in [-0.4, -0.2) is 10.9 Å². The highest BCUT2D eigenvalue weighted by Gasteiger charge is 1.96. The molecule has 0 spiro atoms. The lowest BCUT2D eigenvalue weighted by atomic mass is 10.1. The number of carbonyl (C=O) groups excluding carboxylic acids is 1. The first kappa shape index (κ1) is 15.2. The van der Waals surface area contributed by atoms with Crippen LogP contribution in [0.5, 0.6) is 5.75 Å². The van der Waals surface area contributed by atoms with Crippen molar-refractivity contribution in [3.05, 3.63) is 29.8 Å². The number of hydrogen-bond donors (Lipinski definition) is 1. The van der Waals surface area contributed by atoms with Crippen LogP contribution in [0, 0.1) is 0 Å². The Hall–Kier alpha value is -1.31. The van der Waals surface area contributed by atoms with E-state index >= 15 is 0 Å². The van der Waals surface area contributed by atoms with Crippen LogP contribution >= 0.6 is 0 Å². The van der Waals surface area contributed by atoms with Gasteiger partial charge in [0.15, 0.2) is 5.78 Å². The summed E-state index contributed by atoms with van der Waals surface area (Å²) in [5, 5.41) is 8.83. The molecule has 0 fully saturated rings. The molecule has 0 heterocycles. The highest BCUT2D eigenvalue weighted by atomic mass is 16.3. The maximum atomic E-state index is 10.7. The monoisotopic (exact) mass is 196 g/mol. The van der Waals surface area contributed by atoms with Gasteiger partial charge in [0.05, 0.1) is 0 Å². The molecule has 1 rings (SSSR count). The standard InChI is InChI=1S/C8H8O2.2C2H6/c1-6(9)7-2-4-8(10)5-3-7;2*1-2/h2-5,10H,1H3;2*1-2H3. The third-order valence-corrected chi connectivity index (χ3v) is 1.27. The minimum absolute atomic E-state index is 0.0139. The van der Waals surface area contributed by atoms with E-state index in [9.17, 15) is 4.79 Å². The molecule has 0 amide bonds. The minimum atomic E-state index is 0.0139. The molecular weight excluding hydrogens is 176 g/mol. The van der Waals surface area contributed by atoms with Crippen LogP contribution in [0.15, 0.2) is 24.3 Å². The third-order valence-electron chi connectivity index (χ3n) is 1.27. The number of ketones is 1. The zero-order chi connectivity index (χ0) is 11.6. The van der Waals surface area contributed by atoms with Crippen LogP contribution < -0.4 is 0 Å². The van der Waals surface area contributed by atoms with Gasteiger partial charge in [-0.3, -0.25) is 4.79 Å². The molecule has 0 aliphatic rings. The minimum Gasteiger partial charge on any atom is -0.508 e. The number of benzene rings is 1. The Labute approximate surface area is 86.6 Å². The molecule has 2 nitrogen and oxygen atoms in total. The van der Waals surface area contributed by atoms with Crippen LogP contribution in [0.25, 0.3) is 0 Å². The average molecular weight is 196 g/mol. The quantitative estimate of drug-likeness (QED) is 0.696. The van der Waals surface area contributed by atoms with Gasteiger partial charge in [0, 0.05) is 5.56 Å². The Balaban J connectivity index is 0. The summed E-state index contributed by atoms with van der Waals surface area (Å²) >= 11 is 0. The molecule has 1 aromatic carbocycles. The molecule has 1 aromatic rings. The highest BCUT2D eigenvalue weighted by molar-refractivity contribution is 5.94. The van der Waals surface area contributed by atoms with E-state index in [2.05, 4.69) is 0 Å². The van der Waals surface area contributed by atoms with Gasteiger partial charge in [-0.1, -0.05) is 27.7 Å². The van der Waals surface area contributed by atoms with Gasteiger partial charge >= 0.3 is 0 Å². The lowest BCUT2D eigenvalue weighted by Gasteiger charge is -1.93. The highest BCUT2D eigenvalue weighted by Crippen LogP contribution is 2.09. The van der Waals surface area contributed by atoms with E-state index in [1.54, 1.807) is 12.1 Å². The molecule has 2 heteroatoms. The molecule has 80 valence electrons. The Kier molecular flexibility index (Phi) is 10.6. The molecule has 1 N–H and O–H groups in total. The number of aromatic hydroxyl groups is 1. The van der Waals surface area contributed by atoms with E-state index in [-0.39, 0.29) is 11.5 Å². The summed E-state index contributed by atoms with van der Waals surface area (Å²) in [6.45, 7) is 9.49. The van der Waals surface area contributed by atoms with Crippen molar-refractivity contribution in [2.75, 3.05) is 0 Å². The van der Waals surface area contributed by atoms with E-state index in [1.165, 1.54) is 19.1 Å². The van der Waals surface area contributed by atoms with Gasteiger partial charge in [-0.25, -0.2) is 0 Å². The number of hydrogen-bond acceptors (Lipinski definition) is 2. The summed E-state index contributed by atoms with van der Waals surface area (Å²) < 4.78 is 0. The van der Waals surface area contributed by atoms with E-state index in [0.29, 0.717) is 5.56 Å². The zero-order valence-corrected chi connectivity index (χ0v) is 9.66. The lowest BCUT2D eigenvalue weighted by Crippen LogP contribution is -1.89. The van der Waals surface area contributed by atoms with Gasteiger partial charge in [0.25, 0.3) is 0 Å². The van der Waals surface area contributed by atoms with Crippen molar-refractivity contribution < 1.29 is 9.90 Å². The Bertz CT molecular complexity index is 237. The second-order valence-corrected chi connectivity index (χ2v) is 2.10. The Morgan fingerprint density at radius 1 is 1.00 bits per heavy atom. The van der Waals surface area contributed by atoms with Crippen molar-refractivity contribution in [2.24, 2.45) is 0 Å². The topological polar surface area (TPSA) is 37.3 Å². The molecule has 0 atom stereocenters. The zero-order valence-electron chi connectivity index (χ0n) is 9.66. The van der Waals surface area contributed by atoms with E-state index in [1.807, 2.05) is 27.7 Å². The number of rotatable bonds is 1. The molecular formula is C12H20O2. The van der Waals surface area contributed by atoms with Gasteiger partial charge in [-0.05, 0) is 31.2 Å².